The highest BCUT2D eigenvalue weighted by atomic mass is 32.1. The van der Waals surface area contributed by atoms with Crippen molar-refractivity contribution in [1.29, 1.82) is 0 Å². The van der Waals surface area contributed by atoms with E-state index < -0.39 is 0 Å². The van der Waals surface area contributed by atoms with E-state index in [0.717, 1.165) is 10.1 Å². The van der Waals surface area contributed by atoms with Crippen LogP contribution in [0.2, 0.25) is 0 Å². The topological polar surface area (TPSA) is 111 Å². The van der Waals surface area contributed by atoms with E-state index >= 15 is 0 Å². The van der Waals surface area contributed by atoms with Gasteiger partial charge in [-0.25, -0.2) is 0 Å². The van der Waals surface area contributed by atoms with Gasteiger partial charge in [-0.1, -0.05) is 0 Å². The number of aromatic nitrogens is 1. The first-order chi connectivity index (χ1) is 9.09. The first kappa shape index (κ1) is 13.3. The first-order valence-corrected chi connectivity index (χ1v) is 6.59. The summed E-state index contributed by atoms with van der Waals surface area (Å²) >= 11 is 1.31. The number of nitrogens with two attached hydrogens (primary N) is 2. The molecule has 100 valence electrons. The maximum absolute atomic E-state index is 12.0. The number of carbonyl (C=O) groups is 2. The Morgan fingerprint density at radius 3 is 2.89 bits per heavy atom. The number of anilines is 1. The van der Waals surface area contributed by atoms with Gasteiger partial charge in [-0.3, -0.25) is 14.6 Å². The lowest BCUT2D eigenvalue weighted by atomic mass is 10.2. The Morgan fingerprint density at radius 2 is 2.21 bits per heavy atom. The summed E-state index contributed by atoms with van der Waals surface area (Å²) in [5.74, 6) is -0.607. The fourth-order valence-corrected chi connectivity index (χ4v) is 2.69. The number of amides is 2. The Bertz CT molecular complexity index is 623. The van der Waals surface area contributed by atoms with Crippen LogP contribution in [-0.4, -0.2) is 23.3 Å². The van der Waals surface area contributed by atoms with E-state index in [0.29, 0.717) is 23.5 Å². The summed E-state index contributed by atoms with van der Waals surface area (Å²) in [5, 5.41) is 3.55. The van der Waals surface area contributed by atoms with Crippen molar-refractivity contribution in [3.05, 3.63) is 23.3 Å². The summed E-state index contributed by atoms with van der Waals surface area (Å²) in [4.78, 5) is 27.0. The molecule has 2 amide bonds. The summed E-state index contributed by atoms with van der Waals surface area (Å²) in [6, 6.07) is 1.78. The van der Waals surface area contributed by atoms with Crippen molar-refractivity contribution >= 4 is 38.9 Å². The molecule has 0 aromatic carbocycles. The number of thiophene rings is 1. The van der Waals surface area contributed by atoms with Crippen molar-refractivity contribution < 1.29 is 9.59 Å². The van der Waals surface area contributed by atoms with E-state index in [1.165, 1.54) is 11.3 Å². The number of fused-ring (bicyclic) bond motifs is 1. The van der Waals surface area contributed by atoms with Gasteiger partial charge in [0, 0.05) is 30.7 Å². The van der Waals surface area contributed by atoms with Gasteiger partial charge >= 0.3 is 0 Å². The Kier molecular flexibility index (Phi) is 3.96. The van der Waals surface area contributed by atoms with Crippen LogP contribution in [-0.2, 0) is 4.79 Å². The Labute approximate surface area is 113 Å². The number of rotatable bonds is 5. The fraction of sp³-hybridized carbons (Fsp3) is 0.250. The van der Waals surface area contributed by atoms with Gasteiger partial charge in [0.2, 0.25) is 5.91 Å². The highest BCUT2D eigenvalue weighted by molar-refractivity contribution is 7.21. The SMILES string of the molecule is NC(=O)CCCNC(=O)c1sc2cnccc2c1N. The zero-order chi connectivity index (χ0) is 13.8. The van der Waals surface area contributed by atoms with E-state index in [9.17, 15) is 9.59 Å². The average molecular weight is 278 g/mol. The van der Waals surface area contributed by atoms with Gasteiger partial charge in [0.1, 0.15) is 4.88 Å². The minimum absolute atomic E-state index is 0.233. The van der Waals surface area contributed by atoms with Crippen molar-refractivity contribution in [2.24, 2.45) is 5.73 Å². The third kappa shape index (κ3) is 3.00. The van der Waals surface area contributed by atoms with Crippen molar-refractivity contribution in [2.45, 2.75) is 12.8 Å². The van der Waals surface area contributed by atoms with E-state index in [1.54, 1.807) is 18.5 Å². The van der Waals surface area contributed by atoms with Gasteiger partial charge in [0.05, 0.1) is 10.4 Å². The minimum atomic E-state index is -0.373. The second kappa shape index (κ2) is 5.66. The van der Waals surface area contributed by atoms with Gasteiger partial charge in [0.25, 0.3) is 5.91 Å². The van der Waals surface area contributed by atoms with Crippen molar-refractivity contribution in [3.8, 4) is 0 Å². The molecule has 2 aromatic rings. The molecule has 2 heterocycles. The molecule has 0 fully saturated rings. The van der Waals surface area contributed by atoms with Gasteiger partial charge in [-0.05, 0) is 12.5 Å². The van der Waals surface area contributed by atoms with Crippen molar-refractivity contribution in [2.75, 3.05) is 12.3 Å². The molecule has 0 radical (unpaired) electrons. The van der Waals surface area contributed by atoms with Gasteiger partial charge < -0.3 is 16.8 Å². The second-order valence-corrected chi connectivity index (χ2v) is 5.09. The molecule has 5 N–H and O–H groups in total. The molecule has 0 saturated carbocycles. The van der Waals surface area contributed by atoms with Crippen molar-refractivity contribution in [3.63, 3.8) is 0 Å². The predicted molar refractivity (Wildman–Crippen MR) is 74.8 cm³/mol. The molecule has 0 bridgehead atoms. The molecule has 0 saturated heterocycles. The third-order valence-electron chi connectivity index (χ3n) is 2.62. The van der Waals surface area contributed by atoms with E-state index in [2.05, 4.69) is 10.3 Å². The second-order valence-electron chi connectivity index (χ2n) is 4.04. The van der Waals surface area contributed by atoms with Crippen LogP contribution >= 0.6 is 11.3 Å². The largest absolute Gasteiger partial charge is 0.397 e. The Morgan fingerprint density at radius 1 is 1.42 bits per heavy atom. The molecule has 0 unspecified atom stereocenters. The van der Waals surface area contributed by atoms with Gasteiger partial charge in [0.15, 0.2) is 0 Å². The summed E-state index contributed by atoms with van der Waals surface area (Å²) in [5.41, 5.74) is 11.4. The standard InChI is InChI=1S/C12H14N4O2S/c13-9(17)2-1-4-16-12(18)11-10(14)7-3-5-15-6-8(7)19-11/h3,5-6H,1-2,4,14H2,(H2,13,17)(H,16,18). The molecule has 19 heavy (non-hydrogen) atoms. The van der Waals surface area contributed by atoms with Crippen LogP contribution in [0.3, 0.4) is 0 Å². The van der Waals surface area contributed by atoms with Gasteiger partial charge in [-0.2, -0.15) is 0 Å². The van der Waals surface area contributed by atoms with Crippen molar-refractivity contribution in [1.82, 2.24) is 10.3 Å². The molecular formula is C12H14N4O2S. The smallest absolute Gasteiger partial charge is 0.263 e. The van der Waals surface area contributed by atoms with Crippen LogP contribution in [0.25, 0.3) is 10.1 Å². The van der Waals surface area contributed by atoms with Crippen LogP contribution in [0.15, 0.2) is 18.5 Å². The number of carbonyl (C=O) groups excluding carboxylic acids is 2. The lowest BCUT2D eigenvalue weighted by molar-refractivity contribution is -0.118. The summed E-state index contributed by atoms with van der Waals surface area (Å²) in [6.07, 6.45) is 4.10. The predicted octanol–water partition coefficient (Wildman–Crippen LogP) is 0.874. The number of nitrogens with one attached hydrogen (secondary N) is 1. The number of pyridine rings is 1. The number of primary amides is 1. The van der Waals surface area contributed by atoms with Crippen LogP contribution in [0, 0.1) is 0 Å². The zero-order valence-corrected chi connectivity index (χ0v) is 11.0. The maximum Gasteiger partial charge on any atom is 0.263 e. The number of hydrogen-bond acceptors (Lipinski definition) is 5. The number of hydrogen-bond donors (Lipinski definition) is 3. The molecule has 2 aromatic heterocycles. The summed E-state index contributed by atoms with van der Waals surface area (Å²) in [6.45, 7) is 0.397. The monoisotopic (exact) mass is 278 g/mol. The molecule has 0 aliphatic heterocycles. The molecule has 0 aliphatic carbocycles. The first-order valence-electron chi connectivity index (χ1n) is 5.78. The maximum atomic E-state index is 12.0. The molecule has 7 heteroatoms. The van der Waals surface area contributed by atoms with Crippen LogP contribution < -0.4 is 16.8 Å². The lowest BCUT2D eigenvalue weighted by Crippen LogP contribution is -2.25. The third-order valence-corrected chi connectivity index (χ3v) is 3.78. The molecular weight excluding hydrogens is 264 g/mol. The average Bonchev–Trinajstić information content (AvgIpc) is 2.72. The highest BCUT2D eigenvalue weighted by Crippen LogP contribution is 2.32. The van der Waals surface area contributed by atoms with E-state index in [1.807, 2.05) is 0 Å². The molecule has 0 aliphatic rings. The molecule has 0 atom stereocenters. The summed E-state index contributed by atoms with van der Waals surface area (Å²) in [7, 11) is 0. The van der Waals surface area contributed by atoms with E-state index in [-0.39, 0.29) is 18.2 Å². The highest BCUT2D eigenvalue weighted by Gasteiger charge is 2.15. The Balaban J connectivity index is 2.05. The molecule has 0 spiro atoms. The van der Waals surface area contributed by atoms with E-state index in [4.69, 9.17) is 11.5 Å². The minimum Gasteiger partial charge on any atom is -0.397 e. The molecule has 6 nitrogen and oxygen atoms in total. The normalized spacial score (nSPS) is 10.5. The lowest BCUT2D eigenvalue weighted by Gasteiger charge is -2.03. The zero-order valence-electron chi connectivity index (χ0n) is 10.2. The number of nitrogens with zero attached hydrogens (tertiary/aromatic N) is 1. The van der Waals surface area contributed by atoms with Gasteiger partial charge in [-0.15, -0.1) is 11.3 Å². The number of nitrogen functional groups attached to an aromatic ring is 1. The van der Waals surface area contributed by atoms with Crippen LogP contribution in [0.1, 0.15) is 22.5 Å². The Hall–Kier alpha value is -2.15. The van der Waals surface area contributed by atoms with Crippen LogP contribution in [0.4, 0.5) is 5.69 Å². The fourth-order valence-electron chi connectivity index (χ4n) is 1.68. The summed E-state index contributed by atoms with van der Waals surface area (Å²) < 4.78 is 0.877. The molecule has 2 rings (SSSR count). The van der Waals surface area contributed by atoms with Crippen LogP contribution in [0.5, 0.6) is 0 Å². The quantitative estimate of drug-likeness (QED) is 0.705.